The van der Waals surface area contributed by atoms with Gasteiger partial charge in [-0.2, -0.15) is 0 Å². The minimum absolute atomic E-state index is 0.0546. The molecule has 0 N–H and O–H groups in total. The van der Waals surface area contributed by atoms with Crippen molar-refractivity contribution in [1.29, 1.82) is 0 Å². The second-order valence-electron chi connectivity index (χ2n) is 3.80. The molecule has 4 heteroatoms. The monoisotopic (exact) mass is 222 g/mol. The van der Waals surface area contributed by atoms with Crippen molar-refractivity contribution < 1.29 is 9.53 Å². The molecule has 88 valence electrons. The summed E-state index contributed by atoms with van der Waals surface area (Å²) in [7, 11) is 0. The van der Waals surface area contributed by atoms with E-state index in [0.29, 0.717) is 0 Å². The molecule has 1 aromatic heterocycles. The fraction of sp³-hybridized carbons (Fsp3) is 0.583. The van der Waals surface area contributed by atoms with E-state index in [-0.39, 0.29) is 11.8 Å². The highest BCUT2D eigenvalue weighted by molar-refractivity contribution is 5.86. The van der Waals surface area contributed by atoms with Crippen molar-refractivity contribution in [3.05, 3.63) is 24.3 Å². The topological polar surface area (TPSA) is 52.1 Å². The molecule has 0 aliphatic carbocycles. The zero-order valence-electron chi connectivity index (χ0n) is 9.85. The van der Waals surface area contributed by atoms with Crippen molar-refractivity contribution in [2.75, 3.05) is 0 Å². The van der Waals surface area contributed by atoms with Crippen LogP contribution in [0.4, 0.5) is 0 Å². The lowest BCUT2D eigenvalue weighted by Crippen LogP contribution is -2.16. The molecule has 0 spiro atoms. The molecule has 0 bridgehead atoms. The molecule has 0 saturated heterocycles. The van der Waals surface area contributed by atoms with E-state index in [4.69, 9.17) is 4.74 Å². The van der Waals surface area contributed by atoms with E-state index in [2.05, 4.69) is 16.9 Å². The standard InChI is InChI=1S/C12H18N2O2/c1-3-4-5-6-10(2)16-12(15)11-9-13-7-8-14-11/h7-10H,3-6H2,1-2H3. The van der Waals surface area contributed by atoms with Crippen LogP contribution in [0.15, 0.2) is 18.6 Å². The van der Waals surface area contributed by atoms with Gasteiger partial charge < -0.3 is 4.74 Å². The van der Waals surface area contributed by atoms with Crippen LogP contribution in [-0.2, 0) is 4.74 Å². The van der Waals surface area contributed by atoms with Crippen LogP contribution in [0.1, 0.15) is 50.0 Å². The van der Waals surface area contributed by atoms with E-state index in [1.807, 2.05) is 6.92 Å². The second-order valence-corrected chi connectivity index (χ2v) is 3.80. The second kappa shape index (κ2) is 6.93. The Balaban J connectivity index is 2.34. The first-order chi connectivity index (χ1) is 7.74. The zero-order chi connectivity index (χ0) is 11.8. The summed E-state index contributed by atoms with van der Waals surface area (Å²) in [5, 5.41) is 0. The highest BCUT2D eigenvalue weighted by Crippen LogP contribution is 2.08. The minimum Gasteiger partial charge on any atom is -0.458 e. The number of unbranched alkanes of at least 4 members (excludes halogenated alkanes) is 2. The van der Waals surface area contributed by atoms with Crippen LogP contribution in [0.25, 0.3) is 0 Å². The Morgan fingerprint density at radius 1 is 1.44 bits per heavy atom. The van der Waals surface area contributed by atoms with Gasteiger partial charge in [0.1, 0.15) is 0 Å². The van der Waals surface area contributed by atoms with Gasteiger partial charge in [-0.3, -0.25) is 4.98 Å². The largest absolute Gasteiger partial charge is 0.458 e. The van der Waals surface area contributed by atoms with Crippen LogP contribution in [0.5, 0.6) is 0 Å². The van der Waals surface area contributed by atoms with E-state index in [9.17, 15) is 4.79 Å². The summed E-state index contributed by atoms with van der Waals surface area (Å²) in [5.74, 6) is -0.392. The summed E-state index contributed by atoms with van der Waals surface area (Å²) in [6, 6.07) is 0. The number of rotatable bonds is 6. The first-order valence-electron chi connectivity index (χ1n) is 5.71. The average Bonchev–Trinajstić information content (AvgIpc) is 2.30. The summed E-state index contributed by atoms with van der Waals surface area (Å²) in [6.07, 6.45) is 8.71. The minimum atomic E-state index is -0.392. The van der Waals surface area contributed by atoms with Gasteiger partial charge in [-0.25, -0.2) is 9.78 Å². The quantitative estimate of drug-likeness (QED) is 0.548. The highest BCUT2D eigenvalue weighted by atomic mass is 16.5. The summed E-state index contributed by atoms with van der Waals surface area (Å²) < 4.78 is 5.24. The number of aromatic nitrogens is 2. The van der Waals surface area contributed by atoms with Crippen LogP contribution in [0, 0.1) is 0 Å². The summed E-state index contributed by atoms with van der Waals surface area (Å²) in [5.41, 5.74) is 0.268. The van der Waals surface area contributed by atoms with Crippen molar-refractivity contribution in [3.63, 3.8) is 0 Å². The molecule has 1 unspecified atom stereocenters. The van der Waals surface area contributed by atoms with Crippen molar-refractivity contribution in [2.45, 2.75) is 45.6 Å². The van der Waals surface area contributed by atoms with Crippen LogP contribution in [-0.4, -0.2) is 22.0 Å². The van der Waals surface area contributed by atoms with Gasteiger partial charge in [-0.1, -0.05) is 19.8 Å². The lowest BCUT2D eigenvalue weighted by Gasteiger charge is -2.12. The van der Waals surface area contributed by atoms with Gasteiger partial charge in [-0.05, 0) is 19.8 Å². The fourth-order valence-electron chi connectivity index (χ4n) is 1.39. The molecule has 0 amide bonds. The van der Waals surface area contributed by atoms with E-state index in [1.54, 1.807) is 0 Å². The van der Waals surface area contributed by atoms with Gasteiger partial charge in [-0.15, -0.1) is 0 Å². The number of carbonyl (C=O) groups is 1. The predicted molar refractivity (Wildman–Crippen MR) is 61.1 cm³/mol. The van der Waals surface area contributed by atoms with E-state index in [0.717, 1.165) is 12.8 Å². The SMILES string of the molecule is CCCCCC(C)OC(=O)c1cnccn1. The van der Waals surface area contributed by atoms with Gasteiger partial charge >= 0.3 is 5.97 Å². The molecule has 1 rings (SSSR count). The molecule has 0 aliphatic rings. The van der Waals surface area contributed by atoms with E-state index in [1.165, 1.54) is 31.4 Å². The Morgan fingerprint density at radius 3 is 2.88 bits per heavy atom. The van der Waals surface area contributed by atoms with E-state index >= 15 is 0 Å². The van der Waals surface area contributed by atoms with Crippen LogP contribution < -0.4 is 0 Å². The summed E-state index contributed by atoms with van der Waals surface area (Å²) >= 11 is 0. The van der Waals surface area contributed by atoms with Gasteiger partial charge in [0.05, 0.1) is 12.3 Å². The molecule has 0 fully saturated rings. The van der Waals surface area contributed by atoms with Crippen LogP contribution >= 0.6 is 0 Å². The normalized spacial score (nSPS) is 12.1. The molecular formula is C12H18N2O2. The number of nitrogens with zero attached hydrogens (tertiary/aromatic N) is 2. The van der Waals surface area contributed by atoms with Gasteiger partial charge in [0.2, 0.25) is 0 Å². The molecular weight excluding hydrogens is 204 g/mol. The molecule has 4 nitrogen and oxygen atoms in total. The van der Waals surface area contributed by atoms with E-state index < -0.39 is 5.97 Å². The van der Waals surface area contributed by atoms with Gasteiger partial charge in [0, 0.05) is 12.4 Å². The zero-order valence-corrected chi connectivity index (χ0v) is 9.85. The maximum absolute atomic E-state index is 11.6. The van der Waals surface area contributed by atoms with Crippen molar-refractivity contribution >= 4 is 5.97 Å². The molecule has 0 saturated carbocycles. The van der Waals surface area contributed by atoms with Gasteiger partial charge in [0.15, 0.2) is 5.69 Å². The van der Waals surface area contributed by atoms with Crippen LogP contribution in [0.3, 0.4) is 0 Å². The molecule has 1 heterocycles. The Hall–Kier alpha value is -1.45. The van der Waals surface area contributed by atoms with Crippen molar-refractivity contribution in [3.8, 4) is 0 Å². The Kier molecular flexibility index (Phi) is 5.46. The number of ether oxygens (including phenoxy) is 1. The first kappa shape index (κ1) is 12.6. The van der Waals surface area contributed by atoms with Crippen molar-refractivity contribution in [2.24, 2.45) is 0 Å². The average molecular weight is 222 g/mol. The smallest absolute Gasteiger partial charge is 0.358 e. The lowest BCUT2D eigenvalue weighted by molar-refractivity contribution is 0.0312. The summed E-state index contributed by atoms with van der Waals surface area (Å²) in [6.45, 7) is 4.06. The first-order valence-corrected chi connectivity index (χ1v) is 5.71. The van der Waals surface area contributed by atoms with Gasteiger partial charge in [0.25, 0.3) is 0 Å². The Bertz CT molecular complexity index is 314. The number of hydrogen-bond acceptors (Lipinski definition) is 4. The fourth-order valence-corrected chi connectivity index (χ4v) is 1.39. The highest BCUT2D eigenvalue weighted by Gasteiger charge is 2.12. The summed E-state index contributed by atoms with van der Waals surface area (Å²) in [4.78, 5) is 19.3. The molecule has 1 atom stereocenters. The third kappa shape index (κ3) is 4.38. The van der Waals surface area contributed by atoms with Crippen molar-refractivity contribution in [1.82, 2.24) is 9.97 Å². The molecule has 1 aromatic rings. The molecule has 16 heavy (non-hydrogen) atoms. The number of carbonyl (C=O) groups excluding carboxylic acids is 1. The predicted octanol–water partition coefficient (Wildman–Crippen LogP) is 2.60. The maximum atomic E-state index is 11.6. The Labute approximate surface area is 96.1 Å². The maximum Gasteiger partial charge on any atom is 0.358 e. The third-order valence-corrected chi connectivity index (χ3v) is 2.29. The third-order valence-electron chi connectivity index (χ3n) is 2.29. The molecule has 0 radical (unpaired) electrons. The molecule has 0 aromatic carbocycles. The Morgan fingerprint density at radius 2 is 2.25 bits per heavy atom. The van der Waals surface area contributed by atoms with Crippen LogP contribution in [0.2, 0.25) is 0 Å². The number of hydrogen-bond donors (Lipinski definition) is 0. The number of esters is 1. The lowest BCUT2D eigenvalue weighted by atomic mass is 10.1. The molecule has 0 aliphatic heterocycles.